The maximum atomic E-state index is 11.9. The van der Waals surface area contributed by atoms with E-state index in [2.05, 4.69) is 17.6 Å². The lowest BCUT2D eigenvalue weighted by molar-refractivity contribution is -0.121. The number of nitrogens with one attached hydrogen (secondary N) is 2. The Hall–Kier alpha value is -1.42. The highest BCUT2D eigenvalue weighted by Crippen LogP contribution is 2.27. The van der Waals surface area contributed by atoms with Crippen molar-refractivity contribution in [3.8, 4) is 5.75 Å². The Labute approximate surface area is 125 Å². The van der Waals surface area contributed by atoms with Crippen LogP contribution >= 0.6 is 11.6 Å². The Balaban J connectivity index is 2.46. The van der Waals surface area contributed by atoms with Crippen molar-refractivity contribution >= 4 is 23.2 Å². The molecule has 0 spiro atoms. The van der Waals surface area contributed by atoms with Gasteiger partial charge in [-0.05, 0) is 31.5 Å². The smallest absolute Gasteiger partial charge is 0.242 e. The van der Waals surface area contributed by atoms with Crippen molar-refractivity contribution in [2.45, 2.75) is 39.2 Å². The molecule has 0 bridgehead atoms. The molecule has 112 valence electrons. The first-order valence-corrected chi connectivity index (χ1v) is 7.34. The van der Waals surface area contributed by atoms with Crippen LogP contribution < -0.4 is 15.4 Å². The van der Waals surface area contributed by atoms with Gasteiger partial charge in [0.05, 0.1) is 12.1 Å². The zero-order valence-corrected chi connectivity index (χ0v) is 13.1. The second-order valence-corrected chi connectivity index (χ2v) is 5.12. The summed E-state index contributed by atoms with van der Waals surface area (Å²) in [5.74, 6) is 0.613. The van der Waals surface area contributed by atoms with Crippen LogP contribution in [0.5, 0.6) is 5.75 Å². The van der Waals surface area contributed by atoms with E-state index in [4.69, 9.17) is 16.3 Å². The summed E-state index contributed by atoms with van der Waals surface area (Å²) in [4.78, 5) is 11.9. The minimum atomic E-state index is -0.305. The summed E-state index contributed by atoms with van der Waals surface area (Å²) in [5.41, 5.74) is 0.798. The van der Waals surface area contributed by atoms with Crippen molar-refractivity contribution in [2.24, 2.45) is 0 Å². The van der Waals surface area contributed by atoms with Crippen molar-refractivity contribution in [1.29, 1.82) is 0 Å². The van der Waals surface area contributed by atoms with Gasteiger partial charge >= 0.3 is 0 Å². The minimum absolute atomic E-state index is 0.00644. The zero-order valence-electron chi connectivity index (χ0n) is 12.3. The lowest BCUT2D eigenvalue weighted by Gasteiger charge is -2.16. The highest BCUT2D eigenvalue weighted by Gasteiger charge is 2.12. The zero-order chi connectivity index (χ0) is 15.0. The molecule has 5 heteroatoms. The summed E-state index contributed by atoms with van der Waals surface area (Å²) in [6.45, 7) is 4.69. The van der Waals surface area contributed by atoms with Gasteiger partial charge in [-0.1, -0.05) is 31.4 Å². The normalized spacial score (nSPS) is 11.8. The predicted octanol–water partition coefficient (Wildman–Crippen LogP) is 3.46. The Morgan fingerprint density at radius 1 is 1.40 bits per heavy atom. The largest absolute Gasteiger partial charge is 0.495 e. The third-order valence-corrected chi connectivity index (χ3v) is 3.30. The number of ether oxygens (including phenoxy) is 1. The number of methoxy groups -OCH3 is 1. The Kier molecular flexibility index (Phi) is 7.23. The van der Waals surface area contributed by atoms with Crippen molar-refractivity contribution in [3.63, 3.8) is 0 Å². The van der Waals surface area contributed by atoms with E-state index in [1.165, 1.54) is 0 Å². The molecule has 20 heavy (non-hydrogen) atoms. The van der Waals surface area contributed by atoms with Crippen LogP contribution in [0.15, 0.2) is 18.2 Å². The average molecular weight is 299 g/mol. The van der Waals surface area contributed by atoms with Crippen molar-refractivity contribution in [2.75, 3.05) is 19.0 Å². The molecule has 1 atom stereocenters. The van der Waals surface area contributed by atoms with Gasteiger partial charge in [0.2, 0.25) is 5.91 Å². The fraction of sp³-hybridized carbons (Fsp3) is 0.533. The summed E-state index contributed by atoms with van der Waals surface area (Å²) in [6.07, 6.45) is 3.30. The van der Waals surface area contributed by atoms with Crippen LogP contribution in [0.4, 0.5) is 5.69 Å². The number of halogens is 1. The van der Waals surface area contributed by atoms with Gasteiger partial charge in [0.15, 0.2) is 0 Å². The third-order valence-electron chi connectivity index (χ3n) is 3.01. The van der Waals surface area contributed by atoms with Gasteiger partial charge in [-0.2, -0.15) is 0 Å². The lowest BCUT2D eigenvalue weighted by atomic mass is 10.2. The van der Waals surface area contributed by atoms with Gasteiger partial charge in [-0.15, -0.1) is 0 Å². The number of amides is 1. The summed E-state index contributed by atoms with van der Waals surface area (Å²) < 4.78 is 5.09. The molecule has 0 heterocycles. The molecule has 1 unspecified atom stereocenters. The molecule has 0 saturated carbocycles. The number of rotatable bonds is 8. The van der Waals surface area contributed by atoms with E-state index in [0.717, 1.165) is 31.5 Å². The van der Waals surface area contributed by atoms with E-state index >= 15 is 0 Å². The first kappa shape index (κ1) is 16.6. The number of hydrogen-bond acceptors (Lipinski definition) is 3. The van der Waals surface area contributed by atoms with Gasteiger partial charge in [-0.25, -0.2) is 0 Å². The maximum Gasteiger partial charge on any atom is 0.242 e. The molecule has 0 radical (unpaired) electrons. The van der Waals surface area contributed by atoms with E-state index in [1.54, 1.807) is 19.2 Å². The van der Waals surface area contributed by atoms with Crippen LogP contribution in [0.2, 0.25) is 5.02 Å². The maximum absolute atomic E-state index is 11.9. The summed E-state index contributed by atoms with van der Waals surface area (Å²) in [6, 6.07) is 5.06. The van der Waals surface area contributed by atoms with Gasteiger partial charge < -0.3 is 15.4 Å². The molecule has 1 aromatic rings. The molecule has 0 aromatic heterocycles. The van der Waals surface area contributed by atoms with E-state index in [9.17, 15) is 4.79 Å². The Bertz CT molecular complexity index is 438. The standard InChI is InChI=1S/C15H23ClN2O2/c1-4-5-6-9-17-15(19)11(2)18-12-7-8-14(20-3)13(16)10-12/h7-8,10-11,18H,4-6,9H2,1-3H3,(H,17,19). The van der Waals surface area contributed by atoms with Crippen LogP contribution in [0.1, 0.15) is 33.1 Å². The molecule has 1 amide bonds. The number of carbonyl (C=O) groups excluding carboxylic acids is 1. The quantitative estimate of drug-likeness (QED) is 0.723. The first-order valence-electron chi connectivity index (χ1n) is 6.96. The van der Waals surface area contributed by atoms with E-state index in [0.29, 0.717) is 10.8 Å². The summed E-state index contributed by atoms with van der Waals surface area (Å²) in [7, 11) is 1.57. The van der Waals surface area contributed by atoms with Crippen LogP contribution in [-0.4, -0.2) is 25.6 Å². The van der Waals surface area contributed by atoms with Gasteiger partial charge in [0.1, 0.15) is 11.8 Å². The molecule has 4 nitrogen and oxygen atoms in total. The van der Waals surface area contributed by atoms with Gasteiger partial charge in [-0.3, -0.25) is 4.79 Å². The van der Waals surface area contributed by atoms with E-state index in [1.807, 2.05) is 13.0 Å². The second-order valence-electron chi connectivity index (χ2n) is 4.71. The molecule has 2 N–H and O–H groups in total. The topological polar surface area (TPSA) is 50.4 Å². The number of anilines is 1. The van der Waals surface area contributed by atoms with Crippen molar-refractivity contribution in [1.82, 2.24) is 5.32 Å². The minimum Gasteiger partial charge on any atom is -0.495 e. The SMILES string of the molecule is CCCCCNC(=O)C(C)Nc1ccc(OC)c(Cl)c1. The molecule has 1 rings (SSSR count). The molecule has 1 aromatic carbocycles. The van der Waals surface area contributed by atoms with Crippen LogP contribution in [0.3, 0.4) is 0 Å². The average Bonchev–Trinajstić information content (AvgIpc) is 2.43. The third kappa shape index (κ3) is 5.29. The predicted molar refractivity (Wildman–Crippen MR) is 83.6 cm³/mol. The summed E-state index contributed by atoms with van der Waals surface area (Å²) in [5, 5.41) is 6.56. The molecule has 0 fully saturated rings. The van der Waals surface area contributed by atoms with Crippen molar-refractivity contribution < 1.29 is 9.53 Å². The van der Waals surface area contributed by atoms with Gasteiger partial charge in [0.25, 0.3) is 0 Å². The number of carbonyl (C=O) groups is 1. The van der Waals surface area contributed by atoms with Crippen LogP contribution in [-0.2, 0) is 4.79 Å². The molecule has 0 aliphatic carbocycles. The van der Waals surface area contributed by atoms with Crippen molar-refractivity contribution in [3.05, 3.63) is 23.2 Å². The Morgan fingerprint density at radius 2 is 2.15 bits per heavy atom. The molecular weight excluding hydrogens is 276 g/mol. The molecular formula is C15H23ClN2O2. The molecule has 0 aliphatic rings. The van der Waals surface area contributed by atoms with Gasteiger partial charge in [0, 0.05) is 12.2 Å². The van der Waals surface area contributed by atoms with E-state index < -0.39 is 0 Å². The number of hydrogen-bond donors (Lipinski definition) is 2. The number of unbranched alkanes of at least 4 members (excludes halogenated alkanes) is 2. The molecule has 0 saturated heterocycles. The highest BCUT2D eigenvalue weighted by molar-refractivity contribution is 6.32. The molecule has 0 aliphatic heterocycles. The highest BCUT2D eigenvalue weighted by atomic mass is 35.5. The van der Waals surface area contributed by atoms with E-state index in [-0.39, 0.29) is 11.9 Å². The fourth-order valence-electron chi connectivity index (χ4n) is 1.81. The fourth-order valence-corrected chi connectivity index (χ4v) is 2.07. The number of benzene rings is 1. The van der Waals surface area contributed by atoms with Crippen LogP contribution in [0, 0.1) is 0 Å². The Morgan fingerprint density at radius 3 is 2.75 bits per heavy atom. The lowest BCUT2D eigenvalue weighted by Crippen LogP contribution is -2.38. The second kappa shape index (κ2) is 8.69. The first-order chi connectivity index (χ1) is 9.58. The van der Waals surface area contributed by atoms with Crippen LogP contribution in [0.25, 0.3) is 0 Å². The monoisotopic (exact) mass is 298 g/mol. The summed E-state index contributed by atoms with van der Waals surface area (Å²) >= 11 is 6.05.